The minimum atomic E-state index is -4.88. The molecule has 386 valence electrons. The number of unbranched alkanes of at least 4 members (excludes halogenated alkanes) is 2. The average Bonchev–Trinajstić information content (AvgIpc) is 3.62. The summed E-state index contributed by atoms with van der Waals surface area (Å²) in [6.45, 7) is 7.73. The number of nitrogens with zero attached hydrogens (tertiary/aromatic N) is 2. The molecular formula is C48H53F2N2Na3O15S4. The molecule has 17 nitrogen and oxygen atoms in total. The van der Waals surface area contributed by atoms with E-state index in [1.165, 1.54) is 18.2 Å². The Labute approximate surface area is 501 Å². The number of benzene rings is 3. The number of carboxylic acid groups (broad SMARTS) is 1. The Morgan fingerprint density at radius 2 is 1.50 bits per heavy atom. The first kappa shape index (κ1) is 66.5. The number of anilines is 1. The molecule has 0 saturated carbocycles. The fraction of sp³-hybridized carbons (Fsp3) is 0.417. The zero-order chi connectivity index (χ0) is 52.1. The van der Waals surface area contributed by atoms with Gasteiger partial charge in [0.1, 0.15) is 22.5 Å². The molecule has 26 heteroatoms. The van der Waals surface area contributed by atoms with Gasteiger partial charge in [0.25, 0.3) is 0 Å². The number of fused-ring (bicyclic) bond motifs is 2. The van der Waals surface area contributed by atoms with Crippen LogP contribution in [0.15, 0.2) is 99.5 Å². The van der Waals surface area contributed by atoms with Crippen LogP contribution in [0.5, 0.6) is 5.75 Å². The molecule has 74 heavy (non-hydrogen) atoms. The van der Waals surface area contributed by atoms with Gasteiger partial charge in [-0.15, -0.1) is 0 Å². The van der Waals surface area contributed by atoms with Crippen molar-refractivity contribution in [3.8, 4) is 5.75 Å². The molecule has 0 unspecified atom stereocenters. The summed E-state index contributed by atoms with van der Waals surface area (Å²) in [5, 5.41) is 23.4. The number of rotatable bonds is 23. The summed E-state index contributed by atoms with van der Waals surface area (Å²) in [7, 11) is -13.9. The third kappa shape index (κ3) is 16.6. The monoisotopic (exact) mass is 1130 g/mol. The second kappa shape index (κ2) is 27.9. The van der Waals surface area contributed by atoms with Crippen LogP contribution >= 0.6 is 12.0 Å². The van der Waals surface area contributed by atoms with Crippen LogP contribution in [0.25, 0.3) is 5.57 Å². The number of halogens is 2. The fourth-order valence-corrected chi connectivity index (χ4v) is 11.4. The van der Waals surface area contributed by atoms with E-state index in [9.17, 15) is 49.0 Å². The van der Waals surface area contributed by atoms with Crippen molar-refractivity contribution < 1.29 is 170 Å². The summed E-state index contributed by atoms with van der Waals surface area (Å²) in [6, 6.07) is 11.4. The first-order chi connectivity index (χ1) is 33.2. The Kier molecular flexibility index (Phi) is 25.0. The fourth-order valence-electron chi connectivity index (χ4n) is 9.37. The smallest absolute Gasteiger partial charge is 0.748 e. The van der Waals surface area contributed by atoms with Crippen LogP contribution in [0.1, 0.15) is 102 Å². The van der Waals surface area contributed by atoms with E-state index in [0.29, 0.717) is 76.4 Å². The van der Waals surface area contributed by atoms with Gasteiger partial charge in [0.2, 0.25) is 5.69 Å². The summed E-state index contributed by atoms with van der Waals surface area (Å²) < 4.78 is 151. The molecule has 2 aliphatic heterocycles. The molecule has 0 amide bonds. The molecule has 0 bridgehead atoms. The first-order valence-corrected chi connectivity index (χ1v) is 27.9. The normalized spacial score (nSPS) is 17.3. The zero-order valence-electron chi connectivity index (χ0n) is 42.3. The van der Waals surface area contributed by atoms with E-state index in [0.717, 1.165) is 23.4 Å². The van der Waals surface area contributed by atoms with Crippen molar-refractivity contribution in [1.29, 1.82) is 0 Å². The van der Waals surface area contributed by atoms with Gasteiger partial charge in [0.05, 0.1) is 54.8 Å². The summed E-state index contributed by atoms with van der Waals surface area (Å²) in [5.41, 5.74) is 2.77. The summed E-state index contributed by atoms with van der Waals surface area (Å²) in [6.07, 6.45) is 8.54. The first-order valence-electron chi connectivity index (χ1n) is 22.6. The Bertz CT molecular complexity index is 3070. The zero-order valence-corrected chi connectivity index (χ0v) is 51.5. The largest absolute Gasteiger partial charge is 1.00 e. The van der Waals surface area contributed by atoms with Crippen molar-refractivity contribution in [2.45, 2.75) is 106 Å². The molecule has 1 aliphatic carbocycles. The molecular weight excluding hydrogens is 1080 g/mol. The third-order valence-corrected chi connectivity index (χ3v) is 15.7. The van der Waals surface area contributed by atoms with Crippen molar-refractivity contribution >= 4 is 71.0 Å². The van der Waals surface area contributed by atoms with E-state index in [1.807, 2.05) is 29.4 Å². The van der Waals surface area contributed by atoms with Gasteiger partial charge in [0.15, 0.2) is 17.3 Å². The van der Waals surface area contributed by atoms with E-state index >= 15 is 8.78 Å². The van der Waals surface area contributed by atoms with E-state index in [2.05, 4.69) is 9.37 Å². The summed E-state index contributed by atoms with van der Waals surface area (Å²) in [5.74, 6) is -4.55. The number of ether oxygens (including phenoxy) is 1. The Morgan fingerprint density at radius 1 is 0.824 bits per heavy atom. The molecule has 0 atom stereocenters. The van der Waals surface area contributed by atoms with Crippen molar-refractivity contribution in [3.63, 3.8) is 0 Å². The number of aliphatic carboxylic acids is 1. The number of carbonyl (C=O) groups is 1. The number of carboxylic acids is 1. The van der Waals surface area contributed by atoms with E-state index < -0.39 is 80.8 Å². The van der Waals surface area contributed by atoms with Gasteiger partial charge in [0, 0.05) is 70.3 Å². The maximum atomic E-state index is 17.0. The van der Waals surface area contributed by atoms with Crippen molar-refractivity contribution in [2.24, 2.45) is 0 Å². The predicted molar refractivity (Wildman–Crippen MR) is 254 cm³/mol. The SMILES string of the molecule is CC1(C)C(/C=C/C2=C(c3c(F)ccc(OCCCC(=O)O)c3F)C(=C/C=C3/N(CCCCS(=O)(=O)[O-])c4ccc(S(=O)(=O)[O-])cc4C3(C)C)/CCC2)=[N+](CCCCS(=O)(=O)[O-])c2ccc(SOO[O-])cc21.[Na+].[Na+].[Na+]. The topological polar surface area (TPSA) is 266 Å². The molecule has 3 aliphatic rings. The number of hydrogen-bond acceptors (Lipinski definition) is 16. The molecule has 3 aromatic rings. The molecule has 0 saturated heterocycles. The van der Waals surface area contributed by atoms with Gasteiger partial charge in [-0.2, -0.15) is 8.91 Å². The minimum absolute atomic E-state index is 0. The van der Waals surface area contributed by atoms with Gasteiger partial charge >= 0.3 is 94.6 Å². The Balaban J connectivity index is 0.00000481. The van der Waals surface area contributed by atoms with Crippen LogP contribution in [-0.2, 0) is 55.4 Å². The van der Waals surface area contributed by atoms with Gasteiger partial charge < -0.3 is 33.7 Å². The number of hydrogen-bond donors (Lipinski definition) is 1. The van der Waals surface area contributed by atoms with Crippen LogP contribution in [-0.4, -0.2) is 91.5 Å². The molecule has 0 radical (unpaired) electrons. The summed E-state index contributed by atoms with van der Waals surface area (Å²) in [4.78, 5) is 13.1. The molecule has 1 N–H and O–H groups in total. The molecule has 0 spiro atoms. The van der Waals surface area contributed by atoms with Crippen LogP contribution in [0.2, 0.25) is 0 Å². The molecule has 6 rings (SSSR count). The van der Waals surface area contributed by atoms with Gasteiger partial charge in [-0.3, -0.25) is 9.83 Å². The molecule has 0 fully saturated rings. The van der Waals surface area contributed by atoms with Crippen LogP contribution < -0.4 is 104 Å². The average molecular weight is 1130 g/mol. The quantitative estimate of drug-likeness (QED) is 0.0209. The van der Waals surface area contributed by atoms with Crippen LogP contribution in [0.3, 0.4) is 0 Å². The van der Waals surface area contributed by atoms with E-state index in [1.54, 1.807) is 50.3 Å². The third-order valence-electron chi connectivity index (χ3n) is 12.7. The van der Waals surface area contributed by atoms with E-state index in [-0.39, 0.29) is 152 Å². The van der Waals surface area contributed by atoms with Crippen LogP contribution in [0, 0.1) is 11.6 Å². The van der Waals surface area contributed by atoms with Crippen molar-refractivity contribution in [1.82, 2.24) is 0 Å². The minimum Gasteiger partial charge on any atom is -0.748 e. The second-order valence-electron chi connectivity index (χ2n) is 18.3. The van der Waals surface area contributed by atoms with Crippen LogP contribution in [0.4, 0.5) is 20.2 Å². The van der Waals surface area contributed by atoms with Gasteiger partial charge in [-0.05, 0) is 130 Å². The summed E-state index contributed by atoms with van der Waals surface area (Å²) >= 11 is 0.696. The number of allylic oxidation sites excluding steroid dienone is 8. The van der Waals surface area contributed by atoms with Crippen molar-refractivity contribution in [2.75, 3.05) is 36.1 Å². The Hall–Kier alpha value is -1.82. The van der Waals surface area contributed by atoms with Gasteiger partial charge in [-0.1, -0.05) is 26.0 Å². The van der Waals surface area contributed by atoms with Gasteiger partial charge in [-0.25, -0.2) is 34.0 Å². The Morgan fingerprint density at radius 3 is 2.14 bits per heavy atom. The standard InChI is InChI=1S/C48H56F2N2O15S4.3Na/c1-47(2)35-29-33(68-67-66-55)16-19-38(35)51(24-5-7-27-69(56,57)58)41(47)22-14-31-11-9-12-32(44(31)45-37(49)18-21-40(46(45)50)65-26-10-13-43(53)54)15-23-42-48(3,4)36-30-34(71(62,63)64)17-20-39(36)52(42)25-6-8-28-70(59,60)61;;;/h14-23,29-30H,5-13,24-28H2,1-4H3,(H4-,53,54,55,56,57,58,59,60,61,62,63,64);;;/q;3*+1/p-3. The van der Waals surface area contributed by atoms with E-state index in [4.69, 9.17) is 9.84 Å². The maximum Gasteiger partial charge on any atom is 1.00 e. The predicted octanol–water partition coefficient (Wildman–Crippen LogP) is -1.82. The second-order valence-corrected chi connectivity index (χ2v) is 23.5. The van der Waals surface area contributed by atoms with Crippen molar-refractivity contribution in [3.05, 3.63) is 118 Å². The maximum absolute atomic E-state index is 17.0. The molecule has 3 aromatic carbocycles. The molecule has 0 aromatic heterocycles. The molecule has 2 heterocycles.